The largest absolute Gasteiger partial charge is 0.497 e. The molecule has 0 aliphatic heterocycles. The Morgan fingerprint density at radius 1 is 1.14 bits per heavy atom. The number of nitrogens with zero attached hydrogens (tertiary/aromatic N) is 1. The van der Waals surface area contributed by atoms with Crippen LogP contribution in [0.5, 0.6) is 5.75 Å². The van der Waals surface area contributed by atoms with Gasteiger partial charge in [0.2, 0.25) is 11.8 Å². The van der Waals surface area contributed by atoms with E-state index in [9.17, 15) is 14.0 Å². The second kappa shape index (κ2) is 11.2. The molecular formula is C23H29FN2O3. The van der Waals surface area contributed by atoms with E-state index in [2.05, 4.69) is 5.32 Å². The quantitative estimate of drug-likeness (QED) is 0.619. The second-order valence-corrected chi connectivity index (χ2v) is 6.96. The molecule has 6 heteroatoms. The lowest BCUT2D eigenvalue weighted by molar-refractivity contribution is -0.140. The molecule has 2 aromatic carbocycles. The van der Waals surface area contributed by atoms with Gasteiger partial charge in [-0.05, 0) is 37.1 Å². The molecule has 0 bridgehead atoms. The molecule has 0 saturated carbocycles. The third kappa shape index (κ3) is 6.59. The molecule has 1 atom stereocenters. The van der Waals surface area contributed by atoms with E-state index in [1.165, 1.54) is 11.0 Å². The van der Waals surface area contributed by atoms with Crippen molar-refractivity contribution < 1.29 is 18.7 Å². The predicted octanol–water partition coefficient (Wildman–Crippen LogP) is 3.71. The average molecular weight is 400 g/mol. The van der Waals surface area contributed by atoms with E-state index in [1.807, 2.05) is 19.1 Å². The van der Waals surface area contributed by atoms with Crippen molar-refractivity contribution in [1.29, 1.82) is 0 Å². The first-order valence-corrected chi connectivity index (χ1v) is 9.89. The van der Waals surface area contributed by atoms with Gasteiger partial charge in [-0.1, -0.05) is 43.7 Å². The molecule has 0 aliphatic carbocycles. The molecule has 0 spiro atoms. The van der Waals surface area contributed by atoms with Gasteiger partial charge in [0.15, 0.2) is 0 Å². The van der Waals surface area contributed by atoms with Crippen molar-refractivity contribution in [2.45, 2.75) is 45.7 Å². The Bertz CT molecular complexity index is 808. The summed E-state index contributed by atoms with van der Waals surface area (Å²) in [6.45, 7) is 4.30. The van der Waals surface area contributed by atoms with Gasteiger partial charge in [-0.25, -0.2) is 4.39 Å². The number of hydrogen-bond acceptors (Lipinski definition) is 3. The molecule has 2 aromatic rings. The van der Waals surface area contributed by atoms with Crippen LogP contribution >= 0.6 is 0 Å². The van der Waals surface area contributed by atoms with Crippen LogP contribution in [0, 0.1) is 5.82 Å². The number of methoxy groups -OCH3 is 1. The first-order valence-electron chi connectivity index (χ1n) is 9.89. The van der Waals surface area contributed by atoms with Gasteiger partial charge in [0.25, 0.3) is 0 Å². The molecule has 0 heterocycles. The van der Waals surface area contributed by atoms with Crippen LogP contribution in [-0.4, -0.2) is 36.4 Å². The number of halogens is 1. The SMILES string of the molecule is CCCCNC(=O)[C@@H](C)N(Cc1ccccc1F)C(=O)Cc1ccc(OC)cc1. The van der Waals surface area contributed by atoms with Gasteiger partial charge in [0, 0.05) is 18.7 Å². The summed E-state index contributed by atoms with van der Waals surface area (Å²) in [5, 5.41) is 2.85. The van der Waals surface area contributed by atoms with E-state index >= 15 is 0 Å². The van der Waals surface area contributed by atoms with Crippen molar-refractivity contribution in [2.24, 2.45) is 0 Å². The van der Waals surface area contributed by atoms with Crippen LogP contribution in [-0.2, 0) is 22.6 Å². The van der Waals surface area contributed by atoms with E-state index in [1.54, 1.807) is 44.4 Å². The number of amides is 2. The zero-order valence-electron chi connectivity index (χ0n) is 17.3. The van der Waals surface area contributed by atoms with Gasteiger partial charge >= 0.3 is 0 Å². The van der Waals surface area contributed by atoms with Crippen LogP contribution < -0.4 is 10.1 Å². The average Bonchev–Trinajstić information content (AvgIpc) is 2.73. The molecule has 29 heavy (non-hydrogen) atoms. The van der Waals surface area contributed by atoms with Crippen molar-refractivity contribution in [3.63, 3.8) is 0 Å². The number of rotatable bonds is 10. The highest BCUT2D eigenvalue weighted by Crippen LogP contribution is 2.16. The Balaban J connectivity index is 2.18. The van der Waals surface area contributed by atoms with Gasteiger partial charge in [0.05, 0.1) is 13.5 Å². The maximum Gasteiger partial charge on any atom is 0.242 e. The van der Waals surface area contributed by atoms with E-state index in [4.69, 9.17) is 4.74 Å². The molecule has 1 N–H and O–H groups in total. The molecule has 2 rings (SSSR count). The van der Waals surface area contributed by atoms with E-state index in [0.29, 0.717) is 17.9 Å². The van der Waals surface area contributed by atoms with Gasteiger partial charge in [-0.15, -0.1) is 0 Å². The fraction of sp³-hybridized carbons (Fsp3) is 0.391. The molecule has 0 unspecified atom stereocenters. The second-order valence-electron chi connectivity index (χ2n) is 6.96. The lowest BCUT2D eigenvalue weighted by Crippen LogP contribution is -2.48. The van der Waals surface area contributed by atoms with Crippen LogP contribution in [0.3, 0.4) is 0 Å². The Morgan fingerprint density at radius 3 is 2.45 bits per heavy atom. The molecule has 2 amide bonds. The zero-order chi connectivity index (χ0) is 21.2. The first-order chi connectivity index (χ1) is 14.0. The number of carbonyl (C=O) groups excluding carboxylic acids is 2. The van der Waals surface area contributed by atoms with Crippen molar-refractivity contribution >= 4 is 11.8 Å². The summed E-state index contributed by atoms with van der Waals surface area (Å²) in [7, 11) is 1.58. The minimum atomic E-state index is -0.711. The lowest BCUT2D eigenvalue weighted by atomic mass is 10.1. The molecule has 0 radical (unpaired) electrons. The highest BCUT2D eigenvalue weighted by Gasteiger charge is 2.26. The molecule has 0 aromatic heterocycles. The van der Waals surface area contributed by atoms with Gasteiger partial charge in [0.1, 0.15) is 17.6 Å². The summed E-state index contributed by atoms with van der Waals surface area (Å²) in [4.78, 5) is 27.0. The first kappa shape index (κ1) is 22.4. The van der Waals surface area contributed by atoms with E-state index < -0.39 is 11.9 Å². The highest BCUT2D eigenvalue weighted by molar-refractivity contribution is 5.88. The minimum Gasteiger partial charge on any atom is -0.497 e. The number of carbonyl (C=O) groups is 2. The normalized spacial score (nSPS) is 11.6. The lowest BCUT2D eigenvalue weighted by Gasteiger charge is -2.29. The summed E-state index contributed by atoms with van der Waals surface area (Å²) in [6, 6.07) is 12.8. The minimum absolute atomic E-state index is 0.0318. The summed E-state index contributed by atoms with van der Waals surface area (Å²) in [5.74, 6) is -0.171. The predicted molar refractivity (Wildman–Crippen MR) is 111 cm³/mol. The van der Waals surface area contributed by atoms with Crippen LogP contribution in [0.15, 0.2) is 48.5 Å². The van der Waals surface area contributed by atoms with Crippen molar-refractivity contribution in [3.05, 3.63) is 65.5 Å². The maximum atomic E-state index is 14.2. The van der Waals surface area contributed by atoms with Crippen LogP contribution in [0.1, 0.15) is 37.8 Å². The Kier molecular flexibility index (Phi) is 8.65. The summed E-state index contributed by atoms with van der Waals surface area (Å²) in [5.41, 5.74) is 1.18. The molecule has 5 nitrogen and oxygen atoms in total. The summed E-state index contributed by atoms with van der Waals surface area (Å²) in [6.07, 6.45) is 1.95. The standard InChI is InChI=1S/C23H29FN2O3/c1-4-5-14-25-23(28)17(2)26(16-19-8-6-7-9-21(19)24)22(27)15-18-10-12-20(29-3)13-11-18/h6-13,17H,4-5,14-16H2,1-3H3,(H,25,28)/t17-/m1/s1. The summed E-state index contributed by atoms with van der Waals surface area (Å²) >= 11 is 0. The summed E-state index contributed by atoms with van der Waals surface area (Å²) < 4.78 is 19.3. The number of nitrogens with one attached hydrogen (secondary N) is 1. The van der Waals surface area contributed by atoms with Crippen molar-refractivity contribution in [1.82, 2.24) is 10.2 Å². The molecule has 0 aliphatic rings. The Labute approximate surface area is 171 Å². The van der Waals surface area contributed by atoms with Crippen LogP contribution in [0.25, 0.3) is 0 Å². The van der Waals surface area contributed by atoms with Crippen LogP contribution in [0.2, 0.25) is 0 Å². The van der Waals surface area contributed by atoms with Gasteiger partial charge in [-0.2, -0.15) is 0 Å². The fourth-order valence-corrected chi connectivity index (χ4v) is 2.95. The maximum absolute atomic E-state index is 14.2. The van der Waals surface area contributed by atoms with Gasteiger partial charge in [-0.3, -0.25) is 9.59 Å². The van der Waals surface area contributed by atoms with Crippen LogP contribution in [0.4, 0.5) is 4.39 Å². The Hall–Kier alpha value is -2.89. The third-order valence-corrected chi connectivity index (χ3v) is 4.81. The third-order valence-electron chi connectivity index (χ3n) is 4.81. The zero-order valence-corrected chi connectivity index (χ0v) is 17.3. The monoisotopic (exact) mass is 400 g/mol. The van der Waals surface area contributed by atoms with E-state index in [0.717, 1.165) is 18.4 Å². The van der Waals surface area contributed by atoms with Crippen molar-refractivity contribution in [2.75, 3.05) is 13.7 Å². The fourth-order valence-electron chi connectivity index (χ4n) is 2.95. The number of unbranched alkanes of at least 4 members (excludes halogenated alkanes) is 1. The molecular weight excluding hydrogens is 371 g/mol. The van der Waals surface area contributed by atoms with Crippen molar-refractivity contribution in [3.8, 4) is 5.75 Å². The van der Waals surface area contributed by atoms with Gasteiger partial charge < -0.3 is 15.0 Å². The number of hydrogen-bond donors (Lipinski definition) is 1. The molecule has 0 fully saturated rings. The number of benzene rings is 2. The molecule has 156 valence electrons. The smallest absolute Gasteiger partial charge is 0.242 e. The Morgan fingerprint density at radius 2 is 1.83 bits per heavy atom. The highest BCUT2D eigenvalue weighted by atomic mass is 19.1. The molecule has 0 saturated heterocycles. The van der Waals surface area contributed by atoms with E-state index in [-0.39, 0.29) is 24.8 Å². The topological polar surface area (TPSA) is 58.6 Å². The number of ether oxygens (including phenoxy) is 1.